The van der Waals surface area contributed by atoms with Crippen LogP contribution in [-0.2, 0) is 11.3 Å². The molecule has 0 bridgehead atoms. The van der Waals surface area contributed by atoms with E-state index in [0.717, 1.165) is 35.7 Å². The molecule has 2 unspecified atom stereocenters. The summed E-state index contributed by atoms with van der Waals surface area (Å²) in [5.41, 5.74) is 7.87. The van der Waals surface area contributed by atoms with Crippen molar-refractivity contribution in [2.75, 3.05) is 0 Å². The van der Waals surface area contributed by atoms with E-state index in [2.05, 4.69) is 10.3 Å². The third kappa shape index (κ3) is 4.09. The van der Waals surface area contributed by atoms with Gasteiger partial charge in [-0.15, -0.1) is 24.8 Å². The molecule has 1 aliphatic rings. The Kier molecular flexibility index (Phi) is 7.07. The summed E-state index contributed by atoms with van der Waals surface area (Å²) in [5.74, 6) is 0.193. The monoisotopic (exact) mass is 341 g/mol. The summed E-state index contributed by atoms with van der Waals surface area (Å²) < 4.78 is 0. The molecule has 22 heavy (non-hydrogen) atoms. The van der Waals surface area contributed by atoms with Gasteiger partial charge in [0.25, 0.3) is 0 Å². The lowest BCUT2D eigenvalue weighted by Gasteiger charge is -2.11. The molecule has 2 aromatic rings. The zero-order valence-electron chi connectivity index (χ0n) is 12.2. The normalized spacial score (nSPS) is 20.0. The second kappa shape index (κ2) is 8.32. The van der Waals surface area contributed by atoms with Crippen molar-refractivity contribution < 1.29 is 4.79 Å². The number of hydrogen-bond acceptors (Lipinski definition) is 3. The van der Waals surface area contributed by atoms with Crippen molar-refractivity contribution in [1.29, 1.82) is 0 Å². The average molecular weight is 342 g/mol. The molecular formula is C16H21Cl2N3O. The molecule has 3 N–H and O–H groups in total. The molecule has 0 aliphatic heterocycles. The van der Waals surface area contributed by atoms with E-state index in [9.17, 15) is 4.79 Å². The number of fused-ring (bicyclic) bond motifs is 1. The van der Waals surface area contributed by atoms with Crippen molar-refractivity contribution in [2.45, 2.75) is 31.8 Å². The molecule has 1 aromatic carbocycles. The van der Waals surface area contributed by atoms with E-state index in [1.165, 1.54) is 0 Å². The first kappa shape index (κ1) is 18.7. The quantitative estimate of drug-likeness (QED) is 0.901. The van der Waals surface area contributed by atoms with E-state index in [4.69, 9.17) is 5.73 Å². The van der Waals surface area contributed by atoms with Crippen LogP contribution in [0.25, 0.3) is 10.9 Å². The predicted molar refractivity (Wildman–Crippen MR) is 93.4 cm³/mol. The number of pyridine rings is 1. The number of hydrogen-bond donors (Lipinski definition) is 2. The summed E-state index contributed by atoms with van der Waals surface area (Å²) in [7, 11) is 0. The van der Waals surface area contributed by atoms with Crippen molar-refractivity contribution >= 4 is 41.6 Å². The number of para-hydroxylation sites is 1. The maximum atomic E-state index is 12.1. The minimum atomic E-state index is 0. The van der Waals surface area contributed by atoms with Crippen LogP contribution >= 0.6 is 24.8 Å². The Morgan fingerprint density at radius 3 is 2.73 bits per heavy atom. The fourth-order valence-corrected chi connectivity index (χ4v) is 2.89. The molecule has 6 heteroatoms. The number of aromatic nitrogens is 1. The molecule has 1 amide bonds. The number of benzene rings is 1. The number of nitrogens with two attached hydrogens (primary N) is 1. The Labute approximate surface area is 142 Å². The third-order valence-corrected chi connectivity index (χ3v) is 4.01. The van der Waals surface area contributed by atoms with Crippen LogP contribution in [0.1, 0.15) is 24.8 Å². The fourth-order valence-electron chi connectivity index (χ4n) is 2.89. The zero-order chi connectivity index (χ0) is 13.9. The van der Waals surface area contributed by atoms with Gasteiger partial charge in [0.15, 0.2) is 0 Å². The zero-order valence-corrected chi connectivity index (χ0v) is 13.8. The van der Waals surface area contributed by atoms with Gasteiger partial charge in [-0.2, -0.15) is 0 Å². The molecule has 2 atom stereocenters. The van der Waals surface area contributed by atoms with Crippen LogP contribution in [0.4, 0.5) is 0 Å². The fraction of sp³-hybridized carbons (Fsp3) is 0.375. The number of carbonyl (C=O) groups is 1. The van der Waals surface area contributed by atoms with E-state index < -0.39 is 0 Å². The first-order valence-electron chi connectivity index (χ1n) is 7.10. The summed E-state index contributed by atoms with van der Waals surface area (Å²) in [6, 6.07) is 10.2. The van der Waals surface area contributed by atoms with E-state index in [0.29, 0.717) is 6.54 Å². The number of amides is 1. The molecule has 3 rings (SSSR count). The highest BCUT2D eigenvalue weighted by atomic mass is 35.5. The Morgan fingerprint density at radius 2 is 2.00 bits per heavy atom. The highest BCUT2D eigenvalue weighted by Crippen LogP contribution is 2.24. The SMILES string of the molecule is Cl.Cl.NC1CCC(C(=O)NCc2cccc3cccnc23)C1. The minimum Gasteiger partial charge on any atom is -0.352 e. The highest BCUT2D eigenvalue weighted by molar-refractivity contribution is 5.85. The van der Waals surface area contributed by atoms with Crippen molar-refractivity contribution in [1.82, 2.24) is 10.3 Å². The van der Waals surface area contributed by atoms with Gasteiger partial charge >= 0.3 is 0 Å². The standard InChI is InChI=1S/C16H19N3O.2ClH/c17-14-7-6-12(9-14)16(20)19-10-13-4-1-3-11-5-2-8-18-15(11)13;;/h1-5,8,12,14H,6-7,9-10,17H2,(H,19,20);2*1H. The molecule has 0 spiro atoms. The number of nitrogens with one attached hydrogen (secondary N) is 1. The minimum absolute atomic E-state index is 0. The summed E-state index contributed by atoms with van der Waals surface area (Å²) in [6.45, 7) is 0.527. The van der Waals surface area contributed by atoms with Gasteiger partial charge in [0.1, 0.15) is 0 Å². The molecule has 1 heterocycles. The summed E-state index contributed by atoms with van der Waals surface area (Å²) in [4.78, 5) is 16.5. The van der Waals surface area contributed by atoms with Crippen LogP contribution in [0.3, 0.4) is 0 Å². The van der Waals surface area contributed by atoms with Crippen LogP contribution in [0.2, 0.25) is 0 Å². The first-order chi connectivity index (χ1) is 9.74. The van der Waals surface area contributed by atoms with Gasteiger partial charge in [-0.05, 0) is 30.9 Å². The van der Waals surface area contributed by atoms with E-state index >= 15 is 0 Å². The number of carbonyl (C=O) groups excluding carboxylic acids is 1. The highest BCUT2D eigenvalue weighted by Gasteiger charge is 2.27. The molecular weight excluding hydrogens is 321 g/mol. The second-order valence-electron chi connectivity index (χ2n) is 5.48. The number of rotatable bonds is 3. The lowest BCUT2D eigenvalue weighted by atomic mass is 10.1. The number of nitrogens with zero attached hydrogens (tertiary/aromatic N) is 1. The van der Waals surface area contributed by atoms with Crippen LogP contribution in [0, 0.1) is 5.92 Å². The van der Waals surface area contributed by atoms with Crippen LogP contribution < -0.4 is 11.1 Å². The topological polar surface area (TPSA) is 68.0 Å². The van der Waals surface area contributed by atoms with Crippen molar-refractivity contribution in [2.24, 2.45) is 11.7 Å². The van der Waals surface area contributed by atoms with Crippen molar-refractivity contribution in [3.05, 3.63) is 42.1 Å². The second-order valence-corrected chi connectivity index (χ2v) is 5.48. The lowest BCUT2D eigenvalue weighted by Crippen LogP contribution is -2.30. The average Bonchev–Trinajstić information content (AvgIpc) is 2.91. The molecule has 1 aliphatic carbocycles. The van der Waals surface area contributed by atoms with Gasteiger partial charge in [-0.3, -0.25) is 9.78 Å². The Balaban J connectivity index is 0.00000121. The Morgan fingerprint density at radius 1 is 1.23 bits per heavy atom. The third-order valence-electron chi connectivity index (χ3n) is 4.01. The Bertz CT molecular complexity index is 630. The van der Waals surface area contributed by atoms with Gasteiger partial charge in [0.2, 0.25) is 5.91 Å². The molecule has 1 saturated carbocycles. The van der Waals surface area contributed by atoms with Gasteiger partial charge in [0.05, 0.1) is 5.52 Å². The molecule has 1 aromatic heterocycles. The first-order valence-corrected chi connectivity index (χ1v) is 7.10. The van der Waals surface area contributed by atoms with Crippen LogP contribution in [-0.4, -0.2) is 16.9 Å². The smallest absolute Gasteiger partial charge is 0.223 e. The number of halogens is 2. The molecule has 120 valence electrons. The molecule has 4 nitrogen and oxygen atoms in total. The predicted octanol–water partition coefficient (Wildman–Crippen LogP) is 2.82. The largest absolute Gasteiger partial charge is 0.352 e. The van der Waals surface area contributed by atoms with Crippen molar-refractivity contribution in [3.8, 4) is 0 Å². The van der Waals surface area contributed by atoms with Gasteiger partial charge in [-0.25, -0.2) is 0 Å². The van der Waals surface area contributed by atoms with Gasteiger partial charge < -0.3 is 11.1 Å². The van der Waals surface area contributed by atoms with Crippen molar-refractivity contribution in [3.63, 3.8) is 0 Å². The summed E-state index contributed by atoms with van der Waals surface area (Å²) in [6.07, 6.45) is 4.44. The van der Waals surface area contributed by atoms with Gasteiger partial charge in [0, 0.05) is 30.1 Å². The van der Waals surface area contributed by atoms with Crippen LogP contribution in [0.15, 0.2) is 36.5 Å². The summed E-state index contributed by atoms with van der Waals surface area (Å²) >= 11 is 0. The van der Waals surface area contributed by atoms with E-state index in [-0.39, 0.29) is 42.7 Å². The van der Waals surface area contributed by atoms with Gasteiger partial charge in [-0.1, -0.05) is 24.3 Å². The van der Waals surface area contributed by atoms with Crippen LogP contribution in [0.5, 0.6) is 0 Å². The van der Waals surface area contributed by atoms with E-state index in [1.54, 1.807) is 6.20 Å². The maximum Gasteiger partial charge on any atom is 0.223 e. The molecule has 0 saturated heterocycles. The molecule has 1 fully saturated rings. The molecule has 0 radical (unpaired) electrons. The van der Waals surface area contributed by atoms with E-state index in [1.807, 2.05) is 30.3 Å². The summed E-state index contributed by atoms with van der Waals surface area (Å²) in [5, 5.41) is 4.12. The lowest BCUT2D eigenvalue weighted by molar-refractivity contribution is -0.125. The Hall–Kier alpha value is -1.36. The maximum absolute atomic E-state index is 12.1.